The zero-order valence-corrected chi connectivity index (χ0v) is 14.6. The van der Waals surface area contributed by atoms with Crippen LogP contribution in [0.3, 0.4) is 0 Å². The molecule has 10 heteroatoms. The SMILES string of the molecule is COC(=O)C1CN(c2cc(C(F)(F)F)nc(-c3ccccn3)n2)C[C@@H](C)O1. The normalized spacial score (nSPS) is 20.4. The Morgan fingerprint density at radius 1 is 1.30 bits per heavy atom. The van der Waals surface area contributed by atoms with Gasteiger partial charge in [0, 0.05) is 18.8 Å². The lowest BCUT2D eigenvalue weighted by Crippen LogP contribution is -2.50. The van der Waals surface area contributed by atoms with E-state index in [9.17, 15) is 18.0 Å². The molecule has 2 atom stereocenters. The van der Waals surface area contributed by atoms with E-state index in [4.69, 9.17) is 4.74 Å². The number of carbonyl (C=O) groups is 1. The van der Waals surface area contributed by atoms with Crippen molar-refractivity contribution < 1.29 is 27.4 Å². The number of ether oxygens (including phenoxy) is 2. The molecule has 0 radical (unpaired) electrons. The van der Waals surface area contributed by atoms with Crippen molar-refractivity contribution in [2.75, 3.05) is 25.1 Å². The third kappa shape index (κ3) is 4.33. The number of aromatic nitrogens is 3. The van der Waals surface area contributed by atoms with Gasteiger partial charge < -0.3 is 14.4 Å². The number of nitrogens with zero attached hydrogens (tertiary/aromatic N) is 4. The molecule has 0 amide bonds. The van der Waals surface area contributed by atoms with E-state index >= 15 is 0 Å². The minimum atomic E-state index is -4.65. The summed E-state index contributed by atoms with van der Waals surface area (Å²) in [5.41, 5.74) is -0.863. The first-order valence-corrected chi connectivity index (χ1v) is 8.14. The van der Waals surface area contributed by atoms with Crippen LogP contribution in [-0.4, -0.2) is 53.3 Å². The number of methoxy groups -OCH3 is 1. The fourth-order valence-corrected chi connectivity index (χ4v) is 2.75. The summed E-state index contributed by atoms with van der Waals surface area (Å²) in [5, 5.41) is 0. The number of pyridine rings is 1. The molecule has 27 heavy (non-hydrogen) atoms. The lowest BCUT2D eigenvalue weighted by Gasteiger charge is -2.36. The van der Waals surface area contributed by atoms with E-state index in [2.05, 4.69) is 19.7 Å². The number of hydrogen-bond donors (Lipinski definition) is 0. The Hall–Kier alpha value is -2.75. The molecule has 0 spiro atoms. The third-order valence-corrected chi connectivity index (χ3v) is 3.95. The highest BCUT2D eigenvalue weighted by Crippen LogP contribution is 2.32. The molecule has 1 fully saturated rings. The van der Waals surface area contributed by atoms with Gasteiger partial charge in [0.05, 0.1) is 19.8 Å². The van der Waals surface area contributed by atoms with Crippen LogP contribution in [0.1, 0.15) is 12.6 Å². The molecule has 7 nitrogen and oxygen atoms in total. The maximum Gasteiger partial charge on any atom is 0.433 e. The first kappa shape index (κ1) is 19.0. The molecule has 144 valence electrons. The zero-order chi connectivity index (χ0) is 19.6. The fraction of sp³-hybridized carbons (Fsp3) is 0.412. The maximum absolute atomic E-state index is 13.3. The highest BCUT2D eigenvalue weighted by atomic mass is 19.4. The number of morpholine rings is 1. The van der Waals surface area contributed by atoms with Crippen LogP contribution in [0.2, 0.25) is 0 Å². The number of hydrogen-bond acceptors (Lipinski definition) is 7. The molecular weight excluding hydrogens is 365 g/mol. The first-order valence-electron chi connectivity index (χ1n) is 8.14. The largest absolute Gasteiger partial charge is 0.467 e. The number of anilines is 1. The van der Waals surface area contributed by atoms with Gasteiger partial charge in [0.2, 0.25) is 0 Å². The summed E-state index contributed by atoms with van der Waals surface area (Å²) in [6.07, 6.45) is -4.52. The highest BCUT2D eigenvalue weighted by molar-refractivity contribution is 5.75. The Balaban J connectivity index is 2.02. The quantitative estimate of drug-likeness (QED) is 0.754. The second-order valence-corrected chi connectivity index (χ2v) is 6.01. The second kappa shape index (κ2) is 7.47. The van der Waals surface area contributed by atoms with Gasteiger partial charge in [-0.3, -0.25) is 4.98 Å². The van der Waals surface area contributed by atoms with Gasteiger partial charge in [-0.15, -0.1) is 0 Å². The van der Waals surface area contributed by atoms with Gasteiger partial charge >= 0.3 is 12.1 Å². The van der Waals surface area contributed by atoms with Gasteiger partial charge in [-0.25, -0.2) is 14.8 Å². The Morgan fingerprint density at radius 3 is 2.70 bits per heavy atom. The molecular formula is C17H17F3N4O3. The van der Waals surface area contributed by atoms with Crippen LogP contribution in [0.5, 0.6) is 0 Å². The Labute approximate surface area is 153 Å². The minimum Gasteiger partial charge on any atom is -0.467 e. The van der Waals surface area contributed by atoms with Crippen molar-refractivity contribution in [1.29, 1.82) is 0 Å². The molecule has 0 bridgehead atoms. The van der Waals surface area contributed by atoms with Crippen LogP contribution < -0.4 is 4.90 Å². The molecule has 3 heterocycles. The highest BCUT2D eigenvalue weighted by Gasteiger charge is 2.36. The average molecular weight is 382 g/mol. The molecule has 0 N–H and O–H groups in total. The minimum absolute atomic E-state index is 0.0208. The predicted octanol–water partition coefficient (Wildman–Crippen LogP) is 2.32. The number of alkyl halides is 3. The van der Waals surface area contributed by atoms with Gasteiger partial charge in [0.1, 0.15) is 11.5 Å². The molecule has 0 saturated carbocycles. The monoisotopic (exact) mass is 382 g/mol. The molecule has 1 saturated heterocycles. The van der Waals surface area contributed by atoms with Crippen molar-refractivity contribution in [1.82, 2.24) is 15.0 Å². The van der Waals surface area contributed by atoms with Gasteiger partial charge in [-0.05, 0) is 19.1 Å². The van der Waals surface area contributed by atoms with Crippen LogP contribution in [-0.2, 0) is 20.4 Å². The van der Waals surface area contributed by atoms with E-state index in [0.29, 0.717) is 0 Å². The number of carbonyl (C=O) groups excluding carboxylic acids is 1. The molecule has 3 rings (SSSR count). The van der Waals surface area contributed by atoms with Gasteiger partial charge in [-0.1, -0.05) is 6.07 Å². The van der Waals surface area contributed by atoms with Gasteiger partial charge in [-0.2, -0.15) is 13.2 Å². The lowest BCUT2D eigenvalue weighted by atomic mass is 10.2. The van der Waals surface area contributed by atoms with E-state index in [1.807, 2.05) is 0 Å². The van der Waals surface area contributed by atoms with Gasteiger partial charge in [0.25, 0.3) is 0 Å². The molecule has 1 aliphatic heterocycles. The Bertz CT molecular complexity index is 817. The second-order valence-electron chi connectivity index (χ2n) is 6.01. The molecule has 1 aliphatic rings. The number of rotatable bonds is 3. The summed E-state index contributed by atoms with van der Waals surface area (Å²) >= 11 is 0. The fourth-order valence-electron chi connectivity index (χ4n) is 2.75. The summed E-state index contributed by atoms with van der Waals surface area (Å²) in [6.45, 7) is 2.00. The molecule has 2 aromatic heterocycles. The van der Waals surface area contributed by atoms with E-state index in [0.717, 1.165) is 6.07 Å². The summed E-state index contributed by atoms with van der Waals surface area (Å²) < 4.78 is 50.2. The van der Waals surface area contributed by atoms with Crippen molar-refractivity contribution in [2.45, 2.75) is 25.3 Å². The van der Waals surface area contributed by atoms with E-state index in [1.165, 1.54) is 19.4 Å². The van der Waals surface area contributed by atoms with Crippen LogP contribution in [0.15, 0.2) is 30.5 Å². The zero-order valence-electron chi connectivity index (χ0n) is 14.6. The maximum atomic E-state index is 13.3. The average Bonchev–Trinajstić information content (AvgIpc) is 2.66. The van der Waals surface area contributed by atoms with Crippen molar-refractivity contribution >= 4 is 11.8 Å². The van der Waals surface area contributed by atoms with E-state index < -0.39 is 30.0 Å². The molecule has 1 unspecified atom stereocenters. The summed E-state index contributed by atoms with van der Waals surface area (Å²) in [5.74, 6) is -0.696. The summed E-state index contributed by atoms with van der Waals surface area (Å²) in [4.78, 5) is 25.2. The van der Waals surface area contributed by atoms with E-state index in [-0.39, 0.29) is 30.4 Å². The summed E-state index contributed by atoms with van der Waals surface area (Å²) in [7, 11) is 1.22. The first-order chi connectivity index (χ1) is 12.8. The lowest BCUT2D eigenvalue weighted by molar-refractivity contribution is -0.158. The van der Waals surface area contributed by atoms with Crippen LogP contribution in [0.4, 0.5) is 19.0 Å². The van der Waals surface area contributed by atoms with Crippen molar-refractivity contribution in [3.63, 3.8) is 0 Å². The van der Waals surface area contributed by atoms with Crippen molar-refractivity contribution in [3.8, 4) is 11.5 Å². The third-order valence-electron chi connectivity index (χ3n) is 3.95. The number of esters is 1. The Morgan fingerprint density at radius 2 is 2.07 bits per heavy atom. The van der Waals surface area contributed by atoms with Gasteiger partial charge in [0.15, 0.2) is 17.6 Å². The molecule has 0 aromatic carbocycles. The topological polar surface area (TPSA) is 77.4 Å². The number of halogens is 3. The van der Waals surface area contributed by atoms with Crippen LogP contribution >= 0.6 is 0 Å². The molecule has 2 aromatic rings. The van der Waals surface area contributed by atoms with E-state index in [1.54, 1.807) is 24.0 Å². The Kier molecular flexibility index (Phi) is 5.26. The van der Waals surface area contributed by atoms with Crippen LogP contribution in [0.25, 0.3) is 11.5 Å². The standard InChI is InChI=1S/C17H17F3N4O3/c1-10-8-24(9-12(27-10)16(25)26-2)14-7-13(17(18,19)20)22-15(23-14)11-5-3-4-6-21-11/h3-7,10,12H,8-9H2,1-2H3/t10-,12?/m1/s1. The summed E-state index contributed by atoms with van der Waals surface area (Å²) in [6, 6.07) is 5.66. The smallest absolute Gasteiger partial charge is 0.433 e. The van der Waals surface area contributed by atoms with Crippen LogP contribution in [0, 0.1) is 0 Å². The predicted molar refractivity (Wildman–Crippen MR) is 88.8 cm³/mol. The van der Waals surface area contributed by atoms with Crippen molar-refractivity contribution in [3.05, 3.63) is 36.2 Å². The van der Waals surface area contributed by atoms with Crippen molar-refractivity contribution in [2.24, 2.45) is 0 Å². The molecule has 0 aliphatic carbocycles.